The quantitative estimate of drug-likeness (QED) is 0.700. The molecule has 0 heterocycles. The molecule has 0 amide bonds. The van der Waals surface area contributed by atoms with Gasteiger partial charge in [-0.3, -0.25) is 0 Å². The van der Waals surface area contributed by atoms with Gasteiger partial charge in [0.05, 0.1) is 0 Å². The molecule has 0 aliphatic rings. The van der Waals surface area contributed by atoms with Crippen molar-refractivity contribution in [3.63, 3.8) is 0 Å². The molecule has 16 heavy (non-hydrogen) atoms. The van der Waals surface area contributed by atoms with E-state index >= 15 is 0 Å². The number of halogens is 1. The van der Waals surface area contributed by atoms with Gasteiger partial charge in [0.1, 0.15) is 0 Å². The Bertz CT molecular complexity index is 323. The number of rotatable bonds is 6. The Kier molecular flexibility index (Phi) is 5.53. The van der Waals surface area contributed by atoms with Gasteiger partial charge >= 0.3 is 0 Å². The van der Waals surface area contributed by atoms with E-state index in [1.165, 1.54) is 5.19 Å². The fourth-order valence-corrected chi connectivity index (χ4v) is 5.60. The van der Waals surface area contributed by atoms with Crippen molar-refractivity contribution >= 4 is 25.1 Å². The van der Waals surface area contributed by atoms with Crippen molar-refractivity contribution in [3.8, 4) is 0 Å². The van der Waals surface area contributed by atoms with Crippen LogP contribution in [-0.4, -0.2) is 14.9 Å². The minimum absolute atomic E-state index is 0.816. The zero-order valence-corrected chi connectivity index (χ0v) is 12.2. The van der Waals surface area contributed by atoms with Crippen molar-refractivity contribution in [2.24, 2.45) is 0 Å². The van der Waals surface area contributed by atoms with Crippen LogP contribution in [0.25, 0.3) is 0 Å². The van der Waals surface area contributed by atoms with Gasteiger partial charge in [0, 0.05) is 11.6 Å². The van der Waals surface area contributed by atoms with Gasteiger partial charge < -0.3 is 4.43 Å². The van der Waals surface area contributed by atoms with Gasteiger partial charge in [0.2, 0.25) is 8.32 Å². The molecule has 0 fully saturated rings. The lowest BCUT2D eigenvalue weighted by Gasteiger charge is -2.29. The van der Waals surface area contributed by atoms with Crippen molar-refractivity contribution in [2.45, 2.75) is 39.3 Å². The summed E-state index contributed by atoms with van der Waals surface area (Å²) in [5.74, 6) is 0. The molecule has 0 atom stereocenters. The highest BCUT2D eigenvalue weighted by molar-refractivity contribution is 6.86. The molecule has 0 saturated heterocycles. The summed E-state index contributed by atoms with van der Waals surface area (Å²) in [6.07, 6.45) is 1.08. The van der Waals surface area contributed by atoms with Crippen LogP contribution >= 0.6 is 11.6 Å². The molecule has 0 aromatic heterocycles. The smallest absolute Gasteiger partial charge is 0.223 e. The molecule has 0 aliphatic carbocycles. The molecule has 0 N–H and O–H groups in total. The maximum Gasteiger partial charge on any atom is 0.223 e. The maximum absolute atomic E-state index is 6.20. The molecule has 3 heteroatoms. The zero-order chi connectivity index (χ0) is 12.0. The standard InChI is InChI=1S/C13H21ClOSi/c1-4-10-15-16(5-2,6-3)13-9-7-8-12(14)11-13/h7-9,11H,4-6,10H2,1-3H3. The van der Waals surface area contributed by atoms with E-state index < -0.39 is 8.32 Å². The predicted octanol–water partition coefficient (Wildman–Crippen LogP) is 3.96. The summed E-state index contributed by atoms with van der Waals surface area (Å²) in [7, 11) is -1.76. The normalized spacial score (nSPS) is 11.8. The third-order valence-electron chi connectivity index (χ3n) is 3.08. The first-order chi connectivity index (χ1) is 7.68. The van der Waals surface area contributed by atoms with Crippen LogP contribution < -0.4 is 5.19 Å². The molecule has 1 aromatic rings. The van der Waals surface area contributed by atoms with Crippen LogP contribution in [0, 0.1) is 0 Å². The molecule has 0 saturated carbocycles. The van der Waals surface area contributed by atoms with Gasteiger partial charge in [-0.25, -0.2) is 0 Å². The summed E-state index contributed by atoms with van der Waals surface area (Å²) >= 11 is 6.07. The molecule has 90 valence electrons. The highest BCUT2D eigenvalue weighted by Gasteiger charge is 2.33. The molecule has 0 unspecified atom stereocenters. The van der Waals surface area contributed by atoms with Crippen LogP contribution in [0.3, 0.4) is 0 Å². The second-order valence-electron chi connectivity index (χ2n) is 4.06. The predicted molar refractivity (Wildman–Crippen MR) is 74.0 cm³/mol. The van der Waals surface area contributed by atoms with E-state index in [2.05, 4.69) is 32.9 Å². The molecule has 0 bridgehead atoms. The van der Waals surface area contributed by atoms with Gasteiger partial charge in [-0.1, -0.05) is 44.5 Å². The average Bonchev–Trinajstić information content (AvgIpc) is 2.31. The Hall–Kier alpha value is -0.313. The molecular weight excluding hydrogens is 236 g/mol. The average molecular weight is 257 g/mol. The van der Waals surface area contributed by atoms with E-state index in [0.29, 0.717) is 0 Å². The summed E-state index contributed by atoms with van der Waals surface area (Å²) < 4.78 is 6.20. The lowest BCUT2D eigenvalue weighted by Crippen LogP contribution is -2.49. The second-order valence-corrected chi connectivity index (χ2v) is 8.77. The Morgan fingerprint density at radius 1 is 1.19 bits per heavy atom. The van der Waals surface area contributed by atoms with E-state index in [0.717, 1.165) is 30.1 Å². The summed E-state index contributed by atoms with van der Waals surface area (Å²) in [5, 5.41) is 2.15. The van der Waals surface area contributed by atoms with Crippen molar-refractivity contribution in [3.05, 3.63) is 29.3 Å². The molecule has 1 aromatic carbocycles. The number of hydrogen-bond donors (Lipinski definition) is 0. The van der Waals surface area contributed by atoms with Gasteiger partial charge in [0.15, 0.2) is 0 Å². The molecule has 0 spiro atoms. The van der Waals surface area contributed by atoms with Crippen LogP contribution in [0.5, 0.6) is 0 Å². The minimum Gasteiger partial charge on any atom is -0.412 e. The van der Waals surface area contributed by atoms with Crippen molar-refractivity contribution in [1.82, 2.24) is 0 Å². The van der Waals surface area contributed by atoms with Gasteiger partial charge in [0.25, 0.3) is 0 Å². The lowest BCUT2D eigenvalue weighted by molar-refractivity contribution is 0.308. The Labute approximate surface area is 105 Å². The first-order valence-corrected chi connectivity index (χ1v) is 8.78. The zero-order valence-electron chi connectivity index (χ0n) is 10.4. The third kappa shape index (κ3) is 3.09. The maximum atomic E-state index is 6.20. The van der Waals surface area contributed by atoms with Crippen molar-refractivity contribution < 1.29 is 4.43 Å². The largest absolute Gasteiger partial charge is 0.412 e. The van der Waals surface area contributed by atoms with Crippen LogP contribution in [0.2, 0.25) is 17.1 Å². The first-order valence-electron chi connectivity index (χ1n) is 6.08. The van der Waals surface area contributed by atoms with Crippen LogP contribution in [0.1, 0.15) is 27.2 Å². The Balaban J connectivity index is 2.99. The number of hydrogen-bond acceptors (Lipinski definition) is 1. The minimum atomic E-state index is -1.76. The van der Waals surface area contributed by atoms with Crippen molar-refractivity contribution in [2.75, 3.05) is 6.61 Å². The topological polar surface area (TPSA) is 9.23 Å². The van der Waals surface area contributed by atoms with Crippen LogP contribution in [0.4, 0.5) is 0 Å². The molecule has 0 radical (unpaired) electrons. The lowest BCUT2D eigenvalue weighted by atomic mass is 10.4. The van der Waals surface area contributed by atoms with E-state index in [9.17, 15) is 0 Å². The van der Waals surface area contributed by atoms with Gasteiger partial charge in [-0.2, -0.15) is 0 Å². The highest BCUT2D eigenvalue weighted by atomic mass is 35.5. The van der Waals surface area contributed by atoms with Crippen molar-refractivity contribution in [1.29, 1.82) is 0 Å². The highest BCUT2D eigenvalue weighted by Crippen LogP contribution is 2.19. The van der Waals surface area contributed by atoms with Gasteiger partial charge in [-0.15, -0.1) is 0 Å². The molecular formula is C13H21ClOSi. The van der Waals surface area contributed by atoms with Gasteiger partial charge in [-0.05, 0) is 35.8 Å². The van der Waals surface area contributed by atoms with E-state index in [1.807, 2.05) is 12.1 Å². The first kappa shape index (κ1) is 13.8. The SMILES string of the molecule is CCCO[Si](CC)(CC)c1cccc(Cl)c1. The summed E-state index contributed by atoms with van der Waals surface area (Å²) in [5.41, 5.74) is 0. The fourth-order valence-electron chi connectivity index (χ4n) is 2.02. The monoisotopic (exact) mass is 256 g/mol. The second kappa shape index (κ2) is 6.43. The summed E-state index contributed by atoms with van der Waals surface area (Å²) in [6.45, 7) is 7.47. The molecule has 1 nitrogen and oxygen atoms in total. The summed E-state index contributed by atoms with van der Waals surface area (Å²) in [6, 6.07) is 10.4. The molecule has 1 rings (SSSR count). The third-order valence-corrected chi connectivity index (χ3v) is 7.71. The Morgan fingerprint density at radius 2 is 1.88 bits per heavy atom. The van der Waals surface area contributed by atoms with Crippen LogP contribution in [0.15, 0.2) is 24.3 Å². The van der Waals surface area contributed by atoms with E-state index in [4.69, 9.17) is 16.0 Å². The molecule has 0 aliphatic heterocycles. The van der Waals surface area contributed by atoms with E-state index in [1.54, 1.807) is 0 Å². The number of benzene rings is 1. The fraction of sp³-hybridized carbons (Fsp3) is 0.538. The van der Waals surface area contributed by atoms with Crippen LogP contribution in [-0.2, 0) is 4.43 Å². The summed E-state index contributed by atoms with van der Waals surface area (Å²) in [4.78, 5) is 0. The van der Waals surface area contributed by atoms with E-state index in [-0.39, 0.29) is 0 Å². The Morgan fingerprint density at radius 3 is 2.38 bits per heavy atom.